The number of benzene rings is 4. The molecule has 0 bridgehead atoms. The summed E-state index contributed by atoms with van der Waals surface area (Å²) < 4.78 is 30.5. The van der Waals surface area contributed by atoms with Gasteiger partial charge in [0.15, 0.2) is 11.5 Å². The first-order valence-corrected chi connectivity index (χ1v) is 13.6. The van der Waals surface area contributed by atoms with Crippen LogP contribution in [0, 0.1) is 5.82 Å². The maximum Gasteiger partial charge on any atom is 0.335 e. The number of anilines is 1. The summed E-state index contributed by atoms with van der Waals surface area (Å²) in [6.07, 6.45) is 1.29. The van der Waals surface area contributed by atoms with E-state index in [0.29, 0.717) is 21.9 Å². The molecule has 11 heteroatoms. The summed E-state index contributed by atoms with van der Waals surface area (Å²) in [4.78, 5) is 39.6. The van der Waals surface area contributed by atoms with Crippen LogP contribution in [-0.4, -0.2) is 25.0 Å². The fraction of sp³-hybridized carbons (Fsp3) is 0.0938. The molecule has 0 aliphatic carbocycles. The number of nitrogens with one attached hydrogen (secondary N) is 1. The van der Waals surface area contributed by atoms with Gasteiger partial charge in [-0.2, -0.15) is 0 Å². The summed E-state index contributed by atoms with van der Waals surface area (Å²) in [5.41, 5.74) is 1.65. The van der Waals surface area contributed by atoms with E-state index in [2.05, 4.69) is 5.32 Å². The third-order valence-electron chi connectivity index (χ3n) is 6.38. The molecule has 0 atom stereocenters. The number of hydrogen-bond donors (Lipinski definition) is 1. The standard InChI is InChI=1S/C32H23Cl2FN2O6/c1-41-28-16-20(15-27(34)29(28)43-17-19-5-4-7-22(35)13-19)14-25-30(38)36-32(40)37(31(25)39)23-9-11-24(12-10-23)42-18-21-6-2-3-8-26(21)33/h2-16H,17-18H2,1H3,(H,36,38,40)/b25-14+. The van der Waals surface area contributed by atoms with E-state index in [0.717, 1.165) is 10.5 Å². The van der Waals surface area contributed by atoms with Crippen molar-refractivity contribution in [2.45, 2.75) is 13.2 Å². The van der Waals surface area contributed by atoms with Crippen molar-refractivity contribution in [3.8, 4) is 17.2 Å². The highest BCUT2D eigenvalue weighted by molar-refractivity contribution is 6.39. The first-order valence-electron chi connectivity index (χ1n) is 12.9. The SMILES string of the molecule is COc1cc(/C=C2\C(=O)NC(=O)N(c3ccc(OCc4ccccc4Cl)cc3)C2=O)cc(Cl)c1OCc1cccc(F)c1. The number of carbonyl (C=O) groups excluding carboxylic acids is 3. The Morgan fingerprint density at radius 1 is 0.860 bits per heavy atom. The maximum atomic E-state index is 13.5. The molecular weight excluding hydrogens is 598 g/mol. The first-order chi connectivity index (χ1) is 20.7. The van der Waals surface area contributed by atoms with Gasteiger partial charge in [-0.1, -0.05) is 53.5 Å². The van der Waals surface area contributed by atoms with E-state index in [1.807, 2.05) is 18.2 Å². The van der Waals surface area contributed by atoms with Gasteiger partial charge < -0.3 is 14.2 Å². The lowest BCUT2D eigenvalue weighted by molar-refractivity contribution is -0.122. The Morgan fingerprint density at radius 3 is 2.35 bits per heavy atom. The first kappa shape index (κ1) is 29.6. The normalized spacial score (nSPS) is 14.1. The van der Waals surface area contributed by atoms with Gasteiger partial charge >= 0.3 is 6.03 Å². The minimum absolute atomic E-state index is 0.0239. The molecule has 4 aromatic rings. The number of urea groups is 1. The summed E-state index contributed by atoms with van der Waals surface area (Å²) in [5, 5.41) is 2.89. The van der Waals surface area contributed by atoms with E-state index >= 15 is 0 Å². The van der Waals surface area contributed by atoms with Crippen molar-refractivity contribution < 1.29 is 33.0 Å². The minimum atomic E-state index is -0.895. The lowest BCUT2D eigenvalue weighted by Gasteiger charge is -2.26. The van der Waals surface area contributed by atoms with Gasteiger partial charge in [-0.25, -0.2) is 14.1 Å². The third-order valence-corrected chi connectivity index (χ3v) is 7.03. The fourth-order valence-electron chi connectivity index (χ4n) is 4.27. The highest BCUT2D eigenvalue weighted by Crippen LogP contribution is 2.38. The zero-order valence-electron chi connectivity index (χ0n) is 22.6. The number of ether oxygens (including phenoxy) is 3. The molecule has 1 aliphatic heterocycles. The zero-order chi connectivity index (χ0) is 30.5. The smallest absolute Gasteiger partial charge is 0.335 e. The molecule has 1 fully saturated rings. The lowest BCUT2D eigenvalue weighted by atomic mass is 10.1. The number of methoxy groups -OCH3 is 1. The number of imide groups is 2. The highest BCUT2D eigenvalue weighted by atomic mass is 35.5. The van der Waals surface area contributed by atoms with Crippen LogP contribution in [-0.2, 0) is 22.8 Å². The van der Waals surface area contributed by atoms with Crippen molar-refractivity contribution in [2.24, 2.45) is 0 Å². The molecule has 1 aliphatic rings. The molecule has 1 N–H and O–H groups in total. The summed E-state index contributed by atoms with van der Waals surface area (Å²) >= 11 is 12.6. The zero-order valence-corrected chi connectivity index (χ0v) is 24.1. The van der Waals surface area contributed by atoms with Crippen molar-refractivity contribution in [3.63, 3.8) is 0 Å². The molecule has 1 heterocycles. The molecule has 0 saturated carbocycles. The van der Waals surface area contributed by atoms with E-state index in [4.69, 9.17) is 37.4 Å². The minimum Gasteiger partial charge on any atom is -0.493 e. The number of hydrogen-bond acceptors (Lipinski definition) is 6. The topological polar surface area (TPSA) is 94.2 Å². The van der Waals surface area contributed by atoms with Crippen LogP contribution in [0.2, 0.25) is 10.0 Å². The van der Waals surface area contributed by atoms with Gasteiger partial charge in [-0.15, -0.1) is 0 Å². The van der Waals surface area contributed by atoms with Crippen LogP contribution in [0.5, 0.6) is 17.2 Å². The summed E-state index contributed by atoms with van der Waals surface area (Å²) in [6, 6.07) is 21.5. The van der Waals surface area contributed by atoms with Gasteiger partial charge in [0.1, 0.15) is 30.4 Å². The molecule has 5 rings (SSSR count). The predicted molar refractivity (Wildman–Crippen MR) is 160 cm³/mol. The van der Waals surface area contributed by atoms with Crippen molar-refractivity contribution in [2.75, 3.05) is 12.0 Å². The van der Waals surface area contributed by atoms with Gasteiger partial charge in [0.2, 0.25) is 0 Å². The number of carbonyl (C=O) groups is 3. The van der Waals surface area contributed by atoms with Gasteiger partial charge in [-0.3, -0.25) is 14.9 Å². The second-order valence-corrected chi connectivity index (χ2v) is 10.1. The molecule has 43 heavy (non-hydrogen) atoms. The average molecular weight is 621 g/mol. The van der Waals surface area contributed by atoms with Crippen LogP contribution in [0.1, 0.15) is 16.7 Å². The largest absolute Gasteiger partial charge is 0.493 e. The molecule has 0 spiro atoms. The Balaban J connectivity index is 1.34. The number of rotatable bonds is 9. The Hall–Kier alpha value is -4.86. The molecular formula is C32H23Cl2FN2O6. The average Bonchev–Trinajstić information content (AvgIpc) is 2.98. The van der Waals surface area contributed by atoms with Crippen LogP contribution >= 0.6 is 23.2 Å². The number of halogens is 3. The van der Waals surface area contributed by atoms with Crippen LogP contribution in [0.3, 0.4) is 0 Å². The van der Waals surface area contributed by atoms with E-state index in [-0.39, 0.29) is 41.0 Å². The molecule has 218 valence electrons. The van der Waals surface area contributed by atoms with Crippen molar-refractivity contribution in [1.29, 1.82) is 0 Å². The van der Waals surface area contributed by atoms with Gasteiger partial charge in [0, 0.05) is 10.6 Å². The summed E-state index contributed by atoms with van der Waals surface area (Å²) in [6.45, 7) is 0.250. The van der Waals surface area contributed by atoms with Crippen molar-refractivity contribution >= 4 is 52.8 Å². The molecule has 0 aromatic heterocycles. The van der Waals surface area contributed by atoms with E-state index in [9.17, 15) is 18.8 Å². The van der Waals surface area contributed by atoms with E-state index < -0.39 is 23.7 Å². The second-order valence-electron chi connectivity index (χ2n) is 9.28. The van der Waals surface area contributed by atoms with Gasteiger partial charge in [-0.05, 0) is 71.8 Å². The van der Waals surface area contributed by atoms with Crippen LogP contribution < -0.4 is 24.4 Å². The monoisotopic (exact) mass is 620 g/mol. The maximum absolute atomic E-state index is 13.5. The Morgan fingerprint density at radius 2 is 1.63 bits per heavy atom. The van der Waals surface area contributed by atoms with Gasteiger partial charge in [0.25, 0.3) is 11.8 Å². The Bertz CT molecular complexity index is 1740. The number of barbiturate groups is 1. The molecule has 0 radical (unpaired) electrons. The van der Waals surface area contributed by atoms with Crippen LogP contribution in [0.25, 0.3) is 6.08 Å². The Labute approximate surface area is 256 Å². The highest BCUT2D eigenvalue weighted by Gasteiger charge is 2.37. The number of nitrogens with zero attached hydrogens (tertiary/aromatic N) is 1. The molecule has 4 amide bonds. The summed E-state index contributed by atoms with van der Waals surface area (Å²) in [5.74, 6) is -1.19. The number of amides is 4. The summed E-state index contributed by atoms with van der Waals surface area (Å²) in [7, 11) is 1.40. The van der Waals surface area contributed by atoms with Crippen LogP contribution in [0.15, 0.2) is 90.5 Å². The molecule has 0 unspecified atom stereocenters. The van der Waals surface area contributed by atoms with E-state index in [1.165, 1.54) is 49.6 Å². The molecule has 4 aromatic carbocycles. The quantitative estimate of drug-likeness (QED) is 0.160. The lowest BCUT2D eigenvalue weighted by Crippen LogP contribution is -2.54. The fourth-order valence-corrected chi connectivity index (χ4v) is 4.74. The van der Waals surface area contributed by atoms with Crippen LogP contribution in [0.4, 0.5) is 14.9 Å². The van der Waals surface area contributed by atoms with Crippen molar-refractivity contribution in [1.82, 2.24) is 5.32 Å². The Kier molecular flexibility index (Phi) is 8.94. The van der Waals surface area contributed by atoms with E-state index in [1.54, 1.807) is 30.3 Å². The second kappa shape index (κ2) is 13.0. The molecule has 8 nitrogen and oxygen atoms in total. The third kappa shape index (κ3) is 6.80. The molecule has 1 saturated heterocycles. The van der Waals surface area contributed by atoms with Crippen molar-refractivity contribution in [3.05, 3.63) is 123 Å². The predicted octanol–water partition coefficient (Wildman–Crippen LogP) is 6.97. The van der Waals surface area contributed by atoms with Gasteiger partial charge in [0.05, 0.1) is 17.8 Å².